The molecule has 0 radical (unpaired) electrons. The van der Waals surface area contributed by atoms with Crippen molar-refractivity contribution >= 4 is 17.2 Å². The molecule has 0 bridgehead atoms. The van der Waals surface area contributed by atoms with Crippen LogP contribution >= 0.6 is 11.3 Å². The molecule has 1 fully saturated rings. The molecule has 1 aliphatic heterocycles. The fraction of sp³-hybridized carbons (Fsp3) is 0.389. The van der Waals surface area contributed by atoms with Crippen molar-refractivity contribution in [2.45, 2.75) is 32.1 Å². The zero-order valence-electron chi connectivity index (χ0n) is 14.0. The molecule has 0 spiro atoms. The minimum atomic E-state index is 0.0199. The molecule has 0 N–H and O–H groups in total. The zero-order chi connectivity index (χ0) is 17.2. The van der Waals surface area contributed by atoms with E-state index in [0.717, 1.165) is 18.7 Å². The van der Waals surface area contributed by atoms with Gasteiger partial charge in [-0.2, -0.15) is 4.98 Å². The summed E-state index contributed by atoms with van der Waals surface area (Å²) in [5, 5.41) is 4.12. The first-order valence-corrected chi connectivity index (χ1v) is 9.20. The van der Waals surface area contributed by atoms with Crippen LogP contribution in [0.5, 0.6) is 0 Å². The summed E-state index contributed by atoms with van der Waals surface area (Å²) in [5.74, 6) is 1.67. The molecular formula is C18H19N3O3S. The second-order valence-corrected chi connectivity index (χ2v) is 7.69. The molecule has 4 heterocycles. The van der Waals surface area contributed by atoms with Crippen LogP contribution in [0.4, 0.5) is 0 Å². The van der Waals surface area contributed by atoms with Gasteiger partial charge in [0.2, 0.25) is 5.89 Å². The number of aryl methyl sites for hydroxylation is 1. The monoisotopic (exact) mass is 357 g/mol. The van der Waals surface area contributed by atoms with Crippen molar-refractivity contribution in [3.63, 3.8) is 0 Å². The molecule has 1 aliphatic rings. The van der Waals surface area contributed by atoms with E-state index in [1.54, 1.807) is 17.4 Å². The first kappa shape index (κ1) is 16.1. The highest BCUT2D eigenvalue weighted by molar-refractivity contribution is 7.11. The van der Waals surface area contributed by atoms with E-state index < -0.39 is 0 Å². The molecule has 0 aliphatic carbocycles. The van der Waals surface area contributed by atoms with Crippen molar-refractivity contribution in [3.05, 3.63) is 57.8 Å². The molecule has 3 aromatic heterocycles. The van der Waals surface area contributed by atoms with Gasteiger partial charge in [0.25, 0.3) is 5.91 Å². The van der Waals surface area contributed by atoms with E-state index in [-0.39, 0.29) is 11.8 Å². The van der Waals surface area contributed by atoms with Gasteiger partial charge in [-0.25, -0.2) is 0 Å². The number of likely N-dealkylation sites (tertiary alicyclic amines) is 1. The Hall–Kier alpha value is -2.41. The van der Waals surface area contributed by atoms with Gasteiger partial charge < -0.3 is 13.8 Å². The van der Waals surface area contributed by atoms with Crippen LogP contribution in [-0.2, 0) is 6.42 Å². The molecule has 4 rings (SSSR count). The average Bonchev–Trinajstić information content (AvgIpc) is 3.37. The first-order valence-electron chi connectivity index (χ1n) is 8.38. The topological polar surface area (TPSA) is 72.4 Å². The third kappa shape index (κ3) is 3.51. The highest BCUT2D eigenvalue weighted by Gasteiger charge is 2.28. The number of rotatable bonds is 4. The highest BCUT2D eigenvalue weighted by atomic mass is 32.1. The molecule has 0 atom stereocenters. The van der Waals surface area contributed by atoms with Crippen molar-refractivity contribution < 1.29 is 13.7 Å². The number of carbonyl (C=O) groups excluding carboxylic acids is 1. The van der Waals surface area contributed by atoms with Gasteiger partial charge in [0.15, 0.2) is 5.82 Å². The lowest BCUT2D eigenvalue weighted by atomic mass is 9.96. The van der Waals surface area contributed by atoms with Crippen LogP contribution < -0.4 is 0 Å². The predicted octanol–water partition coefficient (Wildman–Crippen LogP) is 3.64. The summed E-state index contributed by atoms with van der Waals surface area (Å²) >= 11 is 1.76. The molecule has 0 saturated carbocycles. The Morgan fingerprint density at radius 2 is 2.16 bits per heavy atom. The molecule has 1 amide bonds. The smallest absolute Gasteiger partial charge is 0.257 e. The second-order valence-electron chi connectivity index (χ2n) is 6.32. The Morgan fingerprint density at radius 1 is 1.32 bits per heavy atom. The lowest BCUT2D eigenvalue weighted by Crippen LogP contribution is -2.37. The zero-order valence-corrected chi connectivity index (χ0v) is 14.8. The minimum Gasteiger partial charge on any atom is -0.472 e. The highest BCUT2D eigenvalue weighted by Crippen LogP contribution is 2.28. The van der Waals surface area contributed by atoms with Crippen molar-refractivity contribution in [2.75, 3.05) is 13.1 Å². The number of carbonyl (C=O) groups is 1. The number of hydrogen-bond acceptors (Lipinski definition) is 6. The molecule has 130 valence electrons. The Kier molecular flexibility index (Phi) is 4.40. The lowest BCUT2D eigenvalue weighted by molar-refractivity contribution is 0.0704. The lowest BCUT2D eigenvalue weighted by Gasteiger charge is -2.30. The van der Waals surface area contributed by atoms with E-state index in [2.05, 4.69) is 29.2 Å². The van der Waals surface area contributed by atoms with Crippen LogP contribution in [0.25, 0.3) is 0 Å². The third-order valence-corrected chi connectivity index (χ3v) is 5.51. The standard InChI is InChI=1S/C18H19N3O3S/c1-12-2-3-15(25-12)10-16-19-17(24-20-16)13-4-7-21(8-5-13)18(22)14-6-9-23-11-14/h2-3,6,9,11,13H,4-5,7-8,10H2,1H3. The van der Waals surface area contributed by atoms with Gasteiger partial charge in [-0.1, -0.05) is 5.16 Å². The van der Waals surface area contributed by atoms with Gasteiger partial charge in [-0.05, 0) is 38.0 Å². The number of furan rings is 1. The number of nitrogens with zero attached hydrogens (tertiary/aromatic N) is 3. The van der Waals surface area contributed by atoms with Gasteiger partial charge in [0.05, 0.1) is 11.8 Å². The fourth-order valence-electron chi connectivity index (χ4n) is 3.14. The maximum absolute atomic E-state index is 12.3. The van der Waals surface area contributed by atoms with E-state index in [1.165, 1.54) is 22.3 Å². The molecule has 6 nitrogen and oxygen atoms in total. The summed E-state index contributed by atoms with van der Waals surface area (Å²) in [5.41, 5.74) is 0.602. The largest absolute Gasteiger partial charge is 0.472 e. The van der Waals surface area contributed by atoms with Crippen molar-refractivity contribution in [3.8, 4) is 0 Å². The van der Waals surface area contributed by atoms with Gasteiger partial charge in [-0.3, -0.25) is 4.79 Å². The Bertz CT molecular complexity index is 845. The van der Waals surface area contributed by atoms with Crippen molar-refractivity contribution in [1.82, 2.24) is 15.0 Å². The van der Waals surface area contributed by atoms with Gasteiger partial charge >= 0.3 is 0 Å². The van der Waals surface area contributed by atoms with E-state index in [1.807, 2.05) is 4.90 Å². The fourth-order valence-corrected chi connectivity index (χ4v) is 4.03. The number of piperidine rings is 1. The number of thiophene rings is 1. The quantitative estimate of drug-likeness (QED) is 0.713. The third-order valence-electron chi connectivity index (χ3n) is 4.51. The van der Waals surface area contributed by atoms with Gasteiger partial charge in [0.1, 0.15) is 6.26 Å². The minimum absolute atomic E-state index is 0.0199. The Balaban J connectivity index is 1.35. The van der Waals surface area contributed by atoms with Crippen molar-refractivity contribution in [1.29, 1.82) is 0 Å². The maximum Gasteiger partial charge on any atom is 0.257 e. The molecule has 7 heteroatoms. The molecule has 25 heavy (non-hydrogen) atoms. The van der Waals surface area contributed by atoms with E-state index in [9.17, 15) is 4.79 Å². The van der Waals surface area contributed by atoms with Crippen LogP contribution in [0.3, 0.4) is 0 Å². The first-order chi connectivity index (χ1) is 12.2. The number of aromatic nitrogens is 2. The van der Waals surface area contributed by atoms with E-state index >= 15 is 0 Å². The van der Waals surface area contributed by atoms with E-state index in [0.29, 0.717) is 31.0 Å². The summed E-state index contributed by atoms with van der Waals surface area (Å²) in [6.07, 6.45) is 5.40. The number of hydrogen-bond donors (Lipinski definition) is 0. The van der Waals surface area contributed by atoms with Crippen LogP contribution in [0.15, 0.2) is 39.7 Å². The normalized spacial score (nSPS) is 15.6. The van der Waals surface area contributed by atoms with Gasteiger partial charge in [-0.15, -0.1) is 11.3 Å². The predicted molar refractivity (Wildman–Crippen MR) is 92.7 cm³/mol. The summed E-state index contributed by atoms with van der Waals surface area (Å²) < 4.78 is 10.5. The van der Waals surface area contributed by atoms with Crippen LogP contribution in [0.1, 0.15) is 50.6 Å². The van der Waals surface area contributed by atoms with Crippen LogP contribution in [0.2, 0.25) is 0 Å². The van der Waals surface area contributed by atoms with Gasteiger partial charge in [0, 0.05) is 35.2 Å². The number of amides is 1. The SMILES string of the molecule is Cc1ccc(Cc2noc(C3CCN(C(=O)c4ccoc4)CC3)n2)s1. The summed E-state index contributed by atoms with van der Waals surface area (Å²) in [4.78, 5) is 21.3. The van der Waals surface area contributed by atoms with Crippen LogP contribution in [0, 0.1) is 6.92 Å². The van der Waals surface area contributed by atoms with Crippen LogP contribution in [-0.4, -0.2) is 34.0 Å². The summed E-state index contributed by atoms with van der Waals surface area (Å²) in [6.45, 7) is 3.47. The molecular weight excluding hydrogens is 338 g/mol. The van der Waals surface area contributed by atoms with E-state index in [4.69, 9.17) is 8.94 Å². The summed E-state index contributed by atoms with van der Waals surface area (Å²) in [7, 11) is 0. The Morgan fingerprint density at radius 3 is 2.84 bits per heavy atom. The molecule has 3 aromatic rings. The second kappa shape index (κ2) is 6.84. The molecule has 1 saturated heterocycles. The Labute approximate surface area is 149 Å². The average molecular weight is 357 g/mol. The molecule has 0 aromatic carbocycles. The molecule has 0 unspecified atom stereocenters. The maximum atomic E-state index is 12.3. The van der Waals surface area contributed by atoms with Crippen molar-refractivity contribution in [2.24, 2.45) is 0 Å². The summed E-state index contributed by atoms with van der Waals surface area (Å²) in [6, 6.07) is 5.91.